The minimum absolute atomic E-state index is 0.188. The van der Waals surface area contributed by atoms with E-state index in [0.29, 0.717) is 12.8 Å². The molecule has 0 aromatic heterocycles. The summed E-state index contributed by atoms with van der Waals surface area (Å²) in [5.41, 5.74) is 0. The summed E-state index contributed by atoms with van der Waals surface area (Å²) in [6, 6.07) is 0. The zero-order chi connectivity index (χ0) is 13.6. The van der Waals surface area contributed by atoms with Crippen LogP contribution in [0.15, 0.2) is 24.3 Å². The van der Waals surface area contributed by atoms with Gasteiger partial charge in [0.25, 0.3) is 0 Å². The molecule has 0 aliphatic heterocycles. The van der Waals surface area contributed by atoms with Crippen LogP contribution < -0.4 is 0 Å². The van der Waals surface area contributed by atoms with Crippen LogP contribution in [-0.4, -0.2) is 22.3 Å². The van der Waals surface area contributed by atoms with E-state index < -0.39 is 12.1 Å². The lowest BCUT2D eigenvalue weighted by atomic mass is 10.1. The van der Waals surface area contributed by atoms with Crippen molar-refractivity contribution < 1.29 is 15.0 Å². The largest absolute Gasteiger partial charge is 0.481 e. The van der Waals surface area contributed by atoms with Gasteiger partial charge < -0.3 is 10.2 Å². The average molecular weight is 254 g/mol. The molecule has 0 bridgehead atoms. The van der Waals surface area contributed by atoms with E-state index in [1.165, 1.54) is 19.3 Å². The zero-order valence-corrected chi connectivity index (χ0v) is 11.3. The highest BCUT2D eigenvalue weighted by atomic mass is 16.4. The Kier molecular flexibility index (Phi) is 11.6. The van der Waals surface area contributed by atoms with Crippen LogP contribution in [0.3, 0.4) is 0 Å². The SMILES string of the molecule is CCCCC/C=C\C=C\C(O)CCCCC(=O)O. The molecule has 0 aliphatic carbocycles. The lowest BCUT2D eigenvalue weighted by Crippen LogP contribution is -2.02. The summed E-state index contributed by atoms with van der Waals surface area (Å²) in [6.45, 7) is 2.18. The Hall–Kier alpha value is -1.09. The molecule has 3 nitrogen and oxygen atoms in total. The van der Waals surface area contributed by atoms with Crippen LogP contribution in [0.25, 0.3) is 0 Å². The fraction of sp³-hybridized carbons (Fsp3) is 0.667. The van der Waals surface area contributed by atoms with Crippen LogP contribution in [0.4, 0.5) is 0 Å². The van der Waals surface area contributed by atoms with E-state index >= 15 is 0 Å². The molecule has 3 heteroatoms. The summed E-state index contributed by atoms with van der Waals surface area (Å²) in [4.78, 5) is 10.3. The summed E-state index contributed by atoms with van der Waals surface area (Å²) in [7, 11) is 0. The fourth-order valence-electron chi connectivity index (χ4n) is 1.61. The molecule has 0 rings (SSSR count). The molecule has 0 aliphatic rings. The van der Waals surface area contributed by atoms with Gasteiger partial charge >= 0.3 is 5.97 Å². The van der Waals surface area contributed by atoms with Crippen LogP contribution in [0, 0.1) is 0 Å². The first kappa shape index (κ1) is 16.9. The summed E-state index contributed by atoms with van der Waals surface area (Å²) in [6.07, 6.45) is 14.3. The molecule has 0 fully saturated rings. The molecule has 0 aromatic rings. The van der Waals surface area contributed by atoms with Gasteiger partial charge in [-0.1, -0.05) is 44.1 Å². The standard InChI is InChI=1S/C15H26O3/c1-2-3-4-5-6-7-8-11-14(16)12-9-10-13-15(17)18/h6-8,11,14,16H,2-5,9-10,12-13H2,1H3,(H,17,18)/b7-6-,11-8+. The van der Waals surface area contributed by atoms with Crippen molar-refractivity contribution in [2.75, 3.05) is 0 Å². The molecule has 0 aromatic carbocycles. The molecular weight excluding hydrogens is 228 g/mol. The summed E-state index contributed by atoms with van der Waals surface area (Å²) in [5.74, 6) is -0.768. The third kappa shape index (κ3) is 13.0. The number of carboxylic acids is 1. The highest BCUT2D eigenvalue weighted by Crippen LogP contribution is 2.05. The van der Waals surface area contributed by atoms with Gasteiger partial charge in [0.15, 0.2) is 0 Å². The van der Waals surface area contributed by atoms with Crippen molar-refractivity contribution in [2.45, 2.75) is 64.4 Å². The number of carbonyl (C=O) groups is 1. The molecule has 18 heavy (non-hydrogen) atoms. The van der Waals surface area contributed by atoms with Crippen molar-refractivity contribution in [3.63, 3.8) is 0 Å². The van der Waals surface area contributed by atoms with Crippen molar-refractivity contribution in [3.8, 4) is 0 Å². The van der Waals surface area contributed by atoms with Crippen molar-refractivity contribution in [3.05, 3.63) is 24.3 Å². The monoisotopic (exact) mass is 254 g/mol. The Morgan fingerprint density at radius 3 is 2.61 bits per heavy atom. The Bertz CT molecular complexity index is 256. The number of aliphatic carboxylic acids is 1. The second-order valence-corrected chi connectivity index (χ2v) is 4.52. The highest BCUT2D eigenvalue weighted by molar-refractivity contribution is 5.66. The van der Waals surface area contributed by atoms with Gasteiger partial charge in [0.05, 0.1) is 6.10 Å². The molecule has 0 saturated carbocycles. The lowest BCUT2D eigenvalue weighted by Gasteiger charge is -2.03. The van der Waals surface area contributed by atoms with Gasteiger partial charge in [0.2, 0.25) is 0 Å². The van der Waals surface area contributed by atoms with Crippen LogP contribution in [-0.2, 0) is 4.79 Å². The van der Waals surface area contributed by atoms with Crippen LogP contribution in [0.1, 0.15) is 58.3 Å². The maximum atomic E-state index is 10.3. The van der Waals surface area contributed by atoms with E-state index in [9.17, 15) is 9.90 Å². The molecule has 1 atom stereocenters. The van der Waals surface area contributed by atoms with Crippen molar-refractivity contribution >= 4 is 5.97 Å². The normalized spacial score (nSPS) is 13.4. The number of rotatable bonds is 11. The lowest BCUT2D eigenvalue weighted by molar-refractivity contribution is -0.137. The molecular formula is C15H26O3. The van der Waals surface area contributed by atoms with Gasteiger partial charge in [-0.15, -0.1) is 0 Å². The van der Waals surface area contributed by atoms with E-state index in [4.69, 9.17) is 5.11 Å². The maximum Gasteiger partial charge on any atom is 0.303 e. The van der Waals surface area contributed by atoms with Crippen molar-refractivity contribution in [1.82, 2.24) is 0 Å². The maximum absolute atomic E-state index is 10.3. The van der Waals surface area contributed by atoms with Crippen LogP contribution in [0.2, 0.25) is 0 Å². The second-order valence-electron chi connectivity index (χ2n) is 4.52. The Morgan fingerprint density at radius 1 is 1.17 bits per heavy atom. The molecule has 1 unspecified atom stereocenters. The summed E-state index contributed by atoms with van der Waals surface area (Å²) < 4.78 is 0. The van der Waals surface area contributed by atoms with Crippen LogP contribution in [0.5, 0.6) is 0 Å². The number of hydrogen-bond donors (Lipinski definition) is 2. The van der Waals surface area contributed by atoms with Gasteiger partial charge in [-0.3, -0.25) is 4.79 Å². The molecule has 0 saturated heterocycles. The van der Waals surface area contributed by atoms with E-state index in [0.717, 1.165) is 12.8 Å². The number of aliphatic hydroxyl groups is 1. The number of carboxylic acid groups (broad SMARTS) is 1. The first-order valence-electron chi connectivity index (χ1n) is 6.90. The minimum Gasteiger partial charge on any atom is -0.481 e. The molecule has 0 amide bonds. The van der Waals surface area contributed by atoms with Crippen LogP contribution >= 0.6 is 0 Å². The van der Waals surface area contributed by atoms with E-state index in [2.05, 4.69) is 13.0 Å². The fourth-order valence-corrected chi connectivity index (χ4v) is 1.61. The van der Waals surface area contributed by atoms with Crippen molar-refractivity contribution in [1.29, 1.82) is 0 Å². The summed E-state index contributed by atoms with van der Waals surface area (Å²) in [5, 5.41) is 18.0. The van der Waals surface area contributed by atoms with E-state index in [-0.39, 0.29) is 6.42 Å². The first-order chi connectivity index (χ1) is 8.66. The molecule has 2 N–H and O–H groups in total. The van der Waals surface area contributed by atoms with Crippen molar-refractivity contribution in [2.24, 2.45) is 0 Å². The zero-order valence-electron chi connectivity index (χ0n) is 11.3. The van der Waals surface area contributed by atoms with Gasteiger partial charge in [-0.2, -0.15) is 0 Å². The van der Waals surface area contributed by atoms with E-state index in [1.807, 2.05) is 12.2 Å². The van der Waals surface area contributed by atoms with Gasteiger partial charge in [-0.05, 0) is 32.1 Å². The number of aliphatic hydroxyl groups excluding tert-OH is 1. The Labute approximate surface area is 110 Å². The number of hydrogen-bond acceptors (Lipinski definition) is 2. The molecule has 0 radical (unpaired) electrons. The molecule has 0 heterocycles. The number of allylic oxidation sites excluding steroid dienone is 3. The summed E-state index contributed by atoms with van der Waals surface area (Å²) >= 11 is 0. The minimum atomic E-state index is -0.768. The van der Waals surface area contributed by atoms with E-state index in [1.54, 1.807) is 6.08 Å². The van der Waals surface area contributed by atoms with Gasteiger partial charge in [-0.25, -0.2) is 0 Å². The average Bonchev–Trinajstić information content (AvgIpc) is 2.33. The van der Waals surface area contributed by atoms with Gasteiger partial charge in [0.1, 0.15) is 0 Å². The molecule has 0 spiro atoms. The predicted molar refractivity (Wildman–Crippen MR) is 74.5 cm³/mol. The topological polar surface area (TPSA) is 57.5 Å². The third-order valence-corrected chi connectivity index (χ3v) is 2.70. The highest BCUT2D eigenvalue weighted by Gasteiger charge is 2.00. The molecule has 104 valence electrons. The number of unbranched alkanes of at least 4 members (excludes halogenated alkanes) is 4. The Balaban J connectivity index is 3.49. The van der Waals surface area contributed by atoms with Gasteiger partial charge in [0, 0.05) is 6.42 Å². The third-order valence-electron chi connectivity index (χ3n) is 2.70. The second kappa shape index (κ2) is 12.4. The first-order valence-corrected chi connectivity index (χ1v) is 6.90. The predicted octanol–water partition coefficient (Wildman–Crippen LogP) is 3.69. The smallest absolute Gasteiger partial charge is 0.303 e. The Morgan fingerprint density at radius 2 is 1.94 bits per heavy atom. The quantitative estimate of drug-likeness (QED) is 0.437.